The zero-order valence-electron chi connectivity index (χ0n) is 60.9. The Kier molecular flexibility index (Phi) is 13.8. The Morgan fingerprint density at radius 3 is 0.991 bits per heavy atom. The molecule has 0 atom stereocenters. The Hall–Kier alpha value is -15.7. The molecule has 8 heterocycles. The number of furan rings is 2. The molecule has 114 heavy (non-hydrogen) atoms. The molecule has 0 fully saturated rings. The summed E-state index contributed by atoms with van der Waals surface area (Å²) < 4.78 is 23.1. The number of nitrogens with zero attached hydrogens (tertiary/aromatic N) is 10. The summed E-state index contributed by atoms with van der Waals surface area (Å²) in [5.41, 5.74) is 23.1. The molecule has 0 aliphatic rings. The topological polar surface area (TPSA) is 123 Å². The SMILES string of the molecule is c1ccc(-c2ccc3c(c2)c2cc(-c4cccc(-c5nc(-c6cccc7c6oc6ccc(-n8c9ccccc9c9ccc(-c%10ccccc%10)cc98)cc67)nc(-n6c7ccccc7c7ccccc76)n5)c4)ccc2n3-c2ccc3oc4c(-c5nc(-c6ccccc6)nc(-n6c7ccccc7c7ccccc76)n5)cccc4c3c2)cc1. The summed E-state index contributed by atoms with van der Waals surface area (Å²) in [6.45, 7) is 0. The first kappa shape index (κ1) is 63.3. The fourth-order valence-corrected chi connectivity index (χ4v) is 17.7. The van der Waals surface area contributed by atoms with Gasteiger partial charge in [-0.3, -0.25) is 9.13 Å². The van der Waals surface area contributed by atoms with Crippen molar-refractivity contribution in [1.82, 2.24) is 48.2 Å². The van der Waals surface area contributed by atoms with Crippen molar-refractivity contribution in [3.63, 3.8) is 0 Å². The third-order valence-corrected chi connectivity index (χ3v) is 22.9. The molecule has 0 radical (unpaired) electrons. The Morgan fingerprint density at radius 2 is 0.509 bits per heavy atom. The monoisotopic (exact) mass is 1460 g/mol. The molecular formula is C102H60N10O2. The quantitative estimate of drug-likeness (QED) is 0.125. The first-order chi connectivity index (χ1) is 56.5. The van der Waals surface area contributed by atoms with Gasteiger partial charge in [-0.1, -0.05) is 249 Å². The van der Waals surface area contributed by atoms with Gasteiger partial charge >= 0.3 is 0 Å². The molecule has 530 valence electrons. The highest BCUT2D eigenvalue weighted by molar-refractivity contribution is 6.17. The molecule has 0 spiro atoms. The molecule has 16 aromatic carbocycles. The van der Waals surface area contributed by atoms with Crippen LogP contribution in [0.3, 0.4) is 0 Å². The van der Waals surface area contributed by atoms with Crippen LogP contribution >= 0.6 is 0 Å². The predicted octanol–water partition coefficient (Wildman–Crippen LogP) is 25.9. The maximum Gasteiger partial charge on any atom is 0.238 e. The number of hydrogen-bond acceptors (Lipinski definition) is 8. The van der Waals surface area contributed by atoms with Crippen LogP contribution in [0.4, 0.5) is 0 Å². The van der Waals surface area contributed by atoms with E-state index in [1.165, 1.54) is 16.3 Å². The van der Waals surface area contributed by atoms with Gasteiger partial charge in [-0.25, -0.2) is 9.97 Å². The summed E-state index contributed by atoms with van der Waals surface area (Å²) in [4.78, 5) is 32.3. The Bertz CT molecular complexity index is 8020. The Balaban J connectivity index is 0.643. The number of benzene rings is 16. The summed E-state index contributed by atoms with van der Waals surface area (Å²) in [5.74, 6) is 3.08. The third kappa shape index (κ3) is 9.84. The van der Waals surface area contributed by atoms with E-state index in [0.717, 1.165) is 171 Å². The summed E-state index contributed by atoms with van der Waals surface area (Å²) in [6.07, 6.45) is 0. The van der Waals surface area contributed by atoms with Crippen molar-refractivity contribution in [1.29, 1.82) is 0 Å². The van der Waals surface area contributed by atoms with Gasteiger partial charge in [-0.15, -0.1) is 0 Å². The molecule has 24 rings (SSSR count). The van der Waals surface area contributed by atoms with E-state index < -0.39 is 0 Å². The van der Waals surface area contributed by atoms with Crippen molar-refractivity contribution >= 4 is 131 Å². The average Bonchev–Trinajstić information content (AvgIpc) is 1.55. The number of rotatable bonds is 11. The Labute approximate surface area is 650 Å². The van der Waals surface area contributed by atoms with Crippen LogP contribution in [0.2, 0.25) is 0 Å². The lowest BCUT2D eigenvalue weighted by molar-refractivity contribution is 0.669. The van der Waals surface area contributed by atoms with Gasteiger partial charge in [0.2, 0.25) is 11.9 Å². The van der Waals surface area contributed by atoms with Gasteiger partial charge in [0.1, 0.15) is 22.3 Å². The second-order valence-electron chi connectivity index (χ2n) is 29.3. The predicted molar refractivity (Wildman–Crippen MR) is 463 cm³/mol. The highest BCUT2D eigenvalue weighted by atomic mass is 16.3. The highest BCUT2D eigenvalue weighted by Crippen LogP contribution is 2.45. The molecule has 0 aliphatic carbocycles. The van der Waals surface area contributed by atoms with E-state index in [1.807, 2.05) is 30.3 Å². The Morgan fingerprint density at radius 1 is 0.175 bits per heavy atom. The van der Waals surface area contributed by atoms with Gasteiger partial charge in [0.05, 0.1) is 55.3 Å². The summed E-state index contributed by atoms with van der Waals surface area (Å²) >= 11 is 0. The molecule has 0 amide bonds. The molecule has 0 N–H and O–H groups in total. The first-order valence-electron chi connectivity index (χ1n) is 38.3. The largest absolute Gasteiger partial charge is 0.455 e. The maximum absolute atomic E-state index is 7.05. The van der Waals surface area contributed by atoms with E-state index in [4.69, 9.17) is 38.7 Å². The summed E-state index contributed by atoms with van der Waals surface area (Å²) in [5, 5.41) is 12.9. The van der Waals surface area contributed by atoms with Gasteiger partial charge in [0, 0.05) is 87.1 Å². The van der Waals surface area contributed by atoms with E-state index in [1.54, 1.807) is 0 Å². The minimum Gasteiger partial charge on any atom is -0.455 e. The van der Waals surface area contributed by atoms with Crippen LogP contribution in [0, 0.1) is 0 Å². The maximum atomic E-state index is 7.05. The van der Waals surface area contributed by atoms with Crippen LogP contribution in [0.25, 0.3) is 233 Å². The number of aromatic nitrogens is 10. The lowest BCUT2D eigenvalue weighted by Gasteiger charge is -2.12. The van der Waals surface area contributed by atoms with Crippen molar-refractivity contribution in [2.75, 3.05) is 0 Å². The fourth-order valence-electron chi connectivity index (χ4n) is 17.7. The molecular weight excluding hydrogens is 1400 g/mol. The molecule has 24 aromatic rings. The van der Waals surface area contributed by atoms with Crippen LogP contribution in [0.1, 0.15) is 0 Å². The van der Waals surface area contributed by atoms with Crippen LogP contribution in [-0.2, 0) is 0 Å². The van der Waals surface area contributed by atoms with E-state index >= 15 is 0 Å². The number of para-hydroxylation sites is 7. The van der Waals surface area contributed by atoms with Crippen LogP contribution < -0.4 is 0 Å². The van der Waals surface area contributed by atoms with Crippen molar-refractivity contribution in [2.45, 2.75) is 0 Å². The van der Waals surface area contributed by atoms with Gasteiger partial charge in [0.15, 0.2) is 23.3 Å². The van der Waals surface area contributed by atoms with Crippen LogP contribution in [0.5, 0.6) is 0 Å². The van der Waals surface area contributed by atoms with Gasteiger partial charge in [0.25, 0.3) is 0 Å². The van der Waals surface area contributed by atoms with E-state index in [-0.39, 0.29) is 0 Å². The number of hydrogen-bond donors (Lipinski definition) is 0. The molecule has 0 bridgehead atoms. The zero-order valence-corrected chi connectivity index (χ0v) is 60.9. The highest BCUT2D eigenvalue weighted by Gasteiger charge is 2.26. The second-order valence-corrected chi connectivity index (χ2v) is 29.3. The van der Waals surface area contributed by atoms with E-state index in [2.05, 4.69) is 352 Å². The standard InChI is InChI=1S/C102H60N10O2/c1-4-23-61(24-5-1)65-46-51-90-81(56-65)82-57-66(47-52-91(82)109(90)69-48-53-93-83(59-69)77-36-21-38-79(95(77)113-93)99-103-97(63-27-8-3-9-28-63)105-101(107-99)111-86-41-16-11-31-71(86)72-32-12-17-42-87(72)111)64-29-20-30-68(55-64)98-104-100(108-102(106-98)112-88-43-18-13-33-73(88)74-34-14-19-44-89(74)112)80-39-22-37-78-84-60-70(49-54-94(84)114-96(78)80)110-85-40-15-10-35-75(85)76-50-45-67(58-92(76)110)62-25-6-2-7-26-62/h1-60H. The zero-order chi connectivity index (χ0) is 74.6. The molecule has 12 heteroatoms. The van der Waals surface area contributed by atoms with E-state index in [9.17, 15) is 0 Å². The summed E-state index contributed by atoms with van der Waals surface area (Å²) in [7, 11) is 0. The van der Waals surface area contributed by atoms with Gasteiger partial charge in [-0.05, 0) is 149 Å². The van der Waals surface area contributed by atoms with Crippen LogP contribution in [-0.4, -0.2) is 48.2 Å². The summed E-state index contributed by atoms with van der Waals surface area (Å²) in [6, 6.07) is 128. The molecule has 8 aromatic heterocycles. The molecule has 12 nitrogen and oxygen atoms in total. The van der Waals surface area contributed by atoms with Crippen molar-refractivity contribution in [3.05, 3.63) is 364 Å². The van der Waals surface area contributed by atoms with Gasteiger partial charge < -0.3 is 18.0 Å². The minimum atomic E-state index is 0.485. The number of fused-ring (bicyclic) bond motifs is 18. The van der Waals surface area contributed by atoms with Crippen molar-refractivity contribution in [2.24, 2.45) is 0 Å². The second kappa shape index (κ2) is 24.9. The molecule has 0 saturated carbocycles. The first-order valence-corrected chi connectivity index (χ1v) is 38.3. The smallest absolute Gasteiger partial charge is 0.238 e. The van der Waals surface area contributed by atoms with Gasteiger partial charge in [-0.2, -0.15) is 19.9 Å². The fraction of sp³-hybridized carbons (Fsp3) is 0. The average molecular weight is 1460 g/mol. The molecule has 0 unspecified atom stereocenters. The molecule has 0 saturated heterocycles. The van der Waals surface area contributed by atoms with Crippen molar-refractivity contribution < 1.29 is 8.83 Å². The normalized spacial score (nSPS) is 12.0. The lowest BCUT2D eigenvalue weighted by Crippen LogP contribution is -2.06. The molecule has 0 aliphatic heterocycles. The van der Waals surface area contributed by atoms with Crippen molar-refractivity contribution in [3.8, 4) is 102 Å². The van der Waals surface area contributed by atoms with E-state index in [0.29, 0.717) is 46.4 Å². The lowest BCUT2D eigenvalue weighted by atomic mass is 9.99. The van der Waals surface area contributed by atoms with Crippen LogP contribution in [0.15, 0.2) is 373 Å². The third-order valence-electron chi connectivity index (χ3n) is 22.9. The minimum absolute atomic E-state index is 0.485.